The van der Waals surface area contributed by atoms with Gasteiger partial charge in [-0.25, -0.2) is 0 Å². The Hall–Kier alpha value is -3.51. The van der Waals surface area contributed by atoms with Crippen LogP contribution in [0.4, 0.5) is 0 Å². The van der Waals surface area contributed by atoms with E-state index in [2.05, 4.69) is 55.3 Å². The van der Waals surface area contributed by atoms with Gasteiger partial charge in [-0.15, -0.1) is 0 Å². The molecule has 2 atom stereocenters. The summed E-state index contributed by atoms with van der Waals surface area (Å²) in [7, 11) is 0. The molecule has 4 aromatic rings. The normalized spacial score (nSPS) is 18.4. The lowest BCUT2D eigenvalue weighted by Gasteiger charge is -2.27. The fraction of sp³-hybridized carbons (Fsp3) is 0.125. The van der Waals surface area contributed by atoms with Gasteiger partial charge in [0.15, 0.2) is 5.11 Å². The highest BCUT2D eigenvalue weighted by atomic mass is 32.1. The number of para-hydroxylation sites is 1. The van der Waals surface area contributed by atoms with E-state index >= 15 is 0 Å². The van der Waals surface area contributed by atoms with Crippen molar-refractivity contribution in [2.75, 3.05) is 0 Å². The first-order valence-electron chi connectivity index (χ1n) is 9.91. The summed E-state index contributed by atoms with van der Waals surface area (Å²) in [6.07, 6.45) is 7.92. The Kier molecular flexibility index (Phi) is 4.99. The van der Waals surface area contributed by atoms with Crippen molar-refractivity contribution in [2.24, 2.45) is 0 Å². The van der Waals surface area contributed by atoms with E-state index in [1.54, 1.807) is 0 Å². The average Bonchev–Trinajstić information content (AvgIpc) is 3.41. The summed E-state index contributed by atoms with van der Waals surface area (Å²) in [5.74, 6) is 0. The summed E-state index contributed by atoms with van der Waals surface area (Å²) in [4.78, 5) is 11.3. The summed E-state index contributed by atoms with van der Waals surface area (Å²) >= 11 is 5.75. The van der Waals surface area contributed by atoms with Gasteiger partial charge in [-0.3, -0.25) is 9.97 Å². The molecule has 6 heteroatoms. The predicted octanol–water partition coefficient (Wildman–Crippen LogP) is 4.44. The molecule has 0 amide bonds. The predicted molar refractivity (Wildman–Crippen MR) is 121 cm³/mol. The first kappa shape index (κ1) is 18.5. The molecule has 0 saturated carbocycles. The van der Waals surface area contributed by atoms with Gasteiger partial charge in [0.05, 0.1) is 30.0 Å². The number of hydrogen-bond acceptors (Lipinski definition) is 3. The van der Waals surface area contributed by atoms with Gasteiger partial charge in [0, 0.05) is 30.5 Å². The number of rotatable bonds is 5. The molecule has 0 unspecified atom stereocenters. The summed E-state index contributed by atoms with van der Waals surface area (Å²) in [5.41, 5.74) is 4.26. The Bertz CT molecular complexity index is 1130. The first-order valence-corrected chi connectivity index (χ1v) is 10.3. The van der Waals surface area contributed by atoms with Crippen LogP contribution in [-0.4, -0.2) is 24.5 Å². The maximum Gasteiger partial charge on any atom is 0.170 e. The molecule has 4 heterocycles. The van der Waals surface area contributed by atoms with Gasteiger partial charge in [-0.05, 0) is 60.2 Å². The lowest BCUT2D eigenvalue weighted by Crippen LogP contribution is -2.29. The molecular formula is C24H21N5S. The van der Waals surface area contributed by atoms with Crippen molar-refractivity contribution < 1.29 is 0 Å². The Balaban J connectivity index is 1.54. The molecule has 0 aliphatic carbocycles. The molecule has 1 saturated heterocycles. The second-order valence-corrected chi connectivity index (χ2v) is 7.65. The number of pyridine rings is 2. The zero-order chi connectivity index (χ0) is 20.3. The second-order valence-electron chi connectivity index (χ2n) is 7.26. The van der Waals surface area contributed by atoms with E-state index in [0.29, 0.717) is 11.7 Å². The number of benzene rings is 1. The second kappa shape index (κ2) is 8.08. The number of nitrogens with zero attached hydrogens (tertiary/aromatic N) is 4. The molecule has 3 aromatic heterocycles. The maximum atomic E-state index is 5.75. The van der Waals surface area contributed by atoms with Crippen molar-refractivity contribution in [3.63, 3.8) is 0 Å². The third-order valence-corrected chi connectivity index (χ3v) is 5.72. The lowest BCUT2D eigenvalue weighted by molar-refractivity contribution is 0.308. The zero-order valence-electron chi connectivity index (χ0n) is 16.3. The summed E-state index contributed by atoms with van der Waals surface area (Å²) in [6, 6.07) is 24.4. The van der Waals surface area contributed by atoms with Crippen LogP contribution in [-0.2, 0) is 6.54 Å². The van der Waals surface area contributed by atoms with Crippen LogP contribution in [0.1, 0.15) is 29.0 Å². The van der Waals surface area contributed by atoms with Crippen molar-refractivity contribution >= 4 is 17.3 Å². The number of hydrogen-bond donors (Lipinski definition) is 1. The van der Waals surface area contributed by atoms with E-state index < -0.39 is 0 Å². The smallest absolute Gasteiger partial charge is 0.170 e. The summed E-state index contributed by atoms with van der Waals surface area (Å²) in [5, 5.41) is 4.21. The molecule has 30 heavy (non-hydrogen) atoms. The SMILES string of the molecule is S=C1N[C@@H](c2ccccn2)[C@@H](c2ccn(-c3ccccc3)c2)N1Cc1ccccn1. The van der Waals surface area contributed by atoms with Gasteiger partial charge in [0.2, 0.25) is 0 Å². The molecule has 5 rings (SSSR count). The van der Waals surface area contributed by atoms with Crippen LogP contribution in [0.2, 0.25) is 0 Å². The monoisotopic (exact) mass is 411 g/mol. The minimum atomic E-state index is -0.0333. The molecule has 148 valence electrons. The maximum absolute atomic E-state index is 5.75. The van der Waals surface area contributed by atoms with Crippen LogP contribution < -0.4 is 5.32 Å². The van der Waals surface area contributed by atoms with Crippen LogP contribution in [0, 0.1) is 0 Å². The standard InChI is InChI=1S/C24H21N5S/c30-24-27-22(21-11-5-7-14-26-21)23(29(24)17-19-8-4-6-13-25-19)18-12-15-28(16-18)20-9-2-1-3-10-20/h1-16,22-23H,17H2,(H,27,30)/t22-,23+/m0/s1. The average molecular weight is 412 g/mol. The molecule has 1 N–H and O–H groups in total. The molecule has 0 bridgehead atoms. The summed E-state index contributed by atoms with van der Waals surface area (Å²) < 4.78 is 2.14. The zero-order valence-corrected chi connectivity index (χ0v) is 17.1. The van der Waals surface area contributed by atoms with E-state index in [9.17, 15) is 0 Å². The van der Waals surface area contributed by atoms with Gasteiger partial charge in [-0.1, -0.05) is 30.3 Å². The Labute approximate surface area is 181 Å². The third-order valence-electron chi connectivity index (χ3n) is 5.37. The van der Waals surface area contributed by atoms with Crippen molar-refractivity contribution in [3.8, 4) is 5.69 Å². The van der Waals surface area contributed by atoms with Crippen molar-refractivity contribution in [3.05, 3.63) is 115 Å². The molecule has 5 nitrogen and oxygen atoms in total. The van der Waals surface area contributed by atoms with Crippen LogP contribution in [0.25, 0.3) is 5.69 Å². The fourth-order valence-corrected chi connectivity index (χ4v) is 4.26. The third kappa shape index (κ3) is 3.57. The molecule has 0 radical (unpaired) electrons. The van der Waals surface area contributed by atoms with E-state index in [0.717, 1.165) is 17.1 Å². The van der Waals surface area contributed by atoms with Crippen LogP contribution in [0.15, 0.2) is 97.6 Å². The van der Waals surface area contributed by atoms with Gasteiger partial charge in [0.1, 0.15) is 0 Å². The Morgan fingerprint density at radius 1 is 0.867 bits per heavy atom. The van der Waals surface area contributed by atoms with Crippen LogP contribution in [0.5, 0.6) is 0 Å². The number of thiocarbonyl (C=S) groups is 1. The Morgan fingerprint density at radius 2 is 1.63 bits per heavy atom. The highest BCUT2D eigenvalue weighted by molar-refractivity contribution is 7.80. The summed E-state index contributed by atoms with van der Waals surface area (Å²) in [6.45, 7) is 0.636. The largest absolute Gasteiger partial charge is 0.352 e. The quantitative estimate of drug-likeness (QED) is 0.492. The highest BCUT2D eigenvalue weighted by Gasteiger charge is 2.40. The molecule has 0 spiro atoms. The van der Waals surface area contributed by atoms with Gasteiger partial charge >= 0.3 is 0 Å². The molecule has 1 aromatic carbocycles. The first-order chi connectivity index (χ1) is 14.8. The van der Waals surface area contributed by atoms with E-state index in [4.69, 9.17) is 12.2 Å². The lowest BCUT2D eigenvalue weighted by atomic mass is 9.99. The van der Waals surface area contributed by atoms with E-state index in [-0.39, 0.29) is 12.1 Å². The van der Waals surface area contributed by atoms with Crippen molar-refractivity contribution in [2.45, 2.75) is 18.6 Å². The number of nitrogens with one attached hydrogen (secondary N) is 1. The van der Waals surface area contributed by atoms with Gasteiger partial charge in [0.25, 0.3) is 0 Å². The van der Waals surface area contributed by atoms with E-state index in [1.165, 1.54) is 5.56 Å². The van der Waals surface area contributed by atoms with Crippen LogP contribution >= 0.6 is 12.2 Å². The molecule has 1 aliphatic rings. The molecule has 1 fully saturated rings. The van der Waals surface area contributed by atoms with Gasteiger partial charge < -0.3 is 14.8 Å². The molecule has 1 aliphatic heterocycles. The highest BCUT2D eigenvalue weighted by Crippen LogP contribution is 2.39. The van der Waals surface area contributed by atoms with Crippen molar-refractivity contribution in [1.29, 1.82) is 0 Å². The minimum absolute atomic E-state index is 0.0133. The molecular weight excluding hydrogens is 390 g/mol. The Morgan fingerprint density at radius 3 is 2.37 bits per heavy atom. The topological polar surface area (TPSA) is 46.0 Å². The number of aromatic nitrogens is 3. The van der Waals surface area contributed by atoms with Crippen molar-refractivity contribution in [1.82, 2.24) is 24.8 Å². The fourth-order valence-electron chi connectivity index (χ4n) is 3.95. The van der Waals surface area contributed by atoms with E-state index in [1.807, 2.05) is 67.0 Å². The van der Waals surface area contributed by atoms with Crippen LogP contribution in [0.3, 0.4) is 0 Å². The van der Waals surface area contributed by atoms with Gasteiger partial charge in [-0.2, -0.15) is 0 Å². The minimum Gasteiger partial charge on any atom is -0.352 e.